The molecule has 2 aromatic carbocycles. The minimum atomic E-state index is -1.41. The number of amidine groups is 1. The first-order valence-corrected chi connectivity index (χ1v) is 10.8. The Morgan fingerprint density at radius 1 is 1.26 bits per heavy atom. The molecular formula is C24H29F2N3O5. The molecule has 1 aliphatic heterocycles. The van der Waals surface area contributed by atoms with Crippen molar-refractivity contribution in [2.24, 2.45) is 5.73 Å². The van der Waals surface area contributed by atoms with Gasteiger partial charge in [-0.3, -0.25) is 15.0 Å². The number of halogens is 2. The molecule has 8 nitrogen and oxygen atoms in total. The first-order chi connectivity index (χ1) is 16.1. The summed E-state index contributed by atoms with van der Waals surface area (Å²) in [5, 5.41) is 17.5. The fraction of sp³-hybridized carbons (Fsp3) is 0.375. The maximum Gasteiger partial charge on any atom is 0.300 e. The number of aliphatic carboxylic acids is 1. The number of hydrogen-bond donors (Lipinski definition) is 4. The maximum atomic E-state index is 14.8. The minimum Gasteiger partial charge on any atom is -0.481 e. The maximum absolute atomic E-state index is 14.8. The molecule has 1 saturated heterocycles. The molecule has 1 fully saturated rings. The summed E-state index contributed by atoms with van der Waals surface area (Å²) in [5.41, 5.74) is 6.74. The molecule has 0 aromatic heterocycles. The lowest BCUT2D eigenvalue weighted by Gasteiger charge is -2.20. The van der Waals surface area contributed by atoms with Crippen molar-refractivity contribution in [2.45, 2.75) is 45.4 Å². The van der Waals surface area contributed by atoms with Gasteiger partial charge >= 0.3 is 0 Å². The molecule has 2 aromatic rings. The number of carboxylic acid groups (broad SMARTS) is 1. The van der Waals surface area contributed by atoms with Crippen molar-refractivity contribution < 1.29 is 33.0 Å². The van der Waals surface area contributed by atoms with E-state index in [-0.39, 0.29) is 25.1 Å². The molecule has 10 heteroatoms. The van der Waals surface area contributed by atoms with Crippen LogP contribution in [-0.2, 0) is 25.6 Å². The van der Waals surface area contributed by atoms with Crippen LogP contribution in [0.5, 0.6) is 0 Å². The molecule has 2 atom stereocenters. The molecule has 5 N–H and O–H groups in total. The van der Waals surface area contributed by atoms with Crippen molar-refractivity contribution in [2.75, 3.05) is 13.2 Å². The van der Waals surface area contributed by atoms with E-state index in [9.17, 15) is 13.6 Å². The molecule has 0 bridgehead atoms. The molecule has 184 valence electrons. The number of carbonyl (C=O) groups is 2. The van der Waals surface area contributed by atoms with Crippen molar-refractivity contribution in [1.82, 2.24) is 5.32 Å². The van der Waals surface area contributed by atoms with Crippen molar-refractivity contribution in [3.8, 4) is 0 Å². The number of amides is 1. The summed E-state index contributed by atoms with van der Waals surface area (Å²) in [5.74, 6) is -3.20. The molecule has 0 aliphatic carbocycles. The van der Waals surface area contributed by atoms with Gasteiger partial charge in [-0.05, 0) is 43.0 Å². The summed E-state index contributed by atoms with van der Waals surface area (Å²) in [7, 11) is 0. The Labute approximate surface area is 196 Å². The smallest absolute Gasteiger partial charge is 0.300 e. The van der Waals surface area contributed by atoms with Crippen molar-refractivity contribution in [1.29, 1.82) is 5.41 Å². The van der Waals surface area contributed by atoms with E-state index in [4.69, 9.17) is 30.5 Å². The molecular weight excluding hydrogens is 448 g/mol. The zero-order chi connectivity index (χ0) is 25.3. The predicted octanol–water partition coefficient (Wildman–Crippen LogP) is 3.59. The fourth-order valence-corrected chi connectivity index (χ4v) is 3.42. The van der Waals surface area contributed by atoms with Gasteiger partial charge in [0.1, 0.15) is 17.5 Å². The Hall–Kier alpha value is -3.37. The van der Waals surface area contributed by atoms with Gasteiger partial charge in [0.25, 0.3) is 11.9 Å². The Balaban J connectivity index is 0.000000945. The summed E-state index contributed by atoms with van der Waals surface area (Å²) in [6, 6.07) is 9.18. The summed E-state index contributed by atoms with van der Waals surface area (Å²) in [6.07, 6.45) is -0.200. The van der Waals surface area contributed by atoms with E-state index in [1.54, 1.807) is 31.2 Å². The number of benzene rings is 2. The third-order valence-corrected chi connectivity index (χ3v) is 4.97. The quantitative estimate of drug-likeness (QED) is 0.339. The van der Waals surface area contributed by atoms with Gasteiger partial charge in [-0.2, -0.15) is 0 Å². The molecule has 1 amide bonds. The van der Waals surface area contributed by atoms with E-state index in [0.717, 1.165) is 18.9 Å². The number of nitrogens with one attached hydrogen (secondary N) is 2. The lowest BCUT2D eigenvalue weighted by Crippen LogP contribution is -2.31. The van der Waals surface area contributed by atoms with Gasteiger partial charge in [0.05, 0.1) is 11.7 Å². The molecule has 0 spiro atoms. The van der Waals surface area contributed by atoms with Crippen LogP contribution in [0, 0.1) is 17.0 Å². The molecule has 2 unspecified atom stereocenters. The Kier molecular flexibility index (Phi) is 10.1. The van der Waals surface area contributed by atoms with Crippen LogP contribution in [0.2, 0.25) is 0 Å². The first kappa shape index (κ1) is 26.9. The van der Waals surface area contributed by atoms with Gasteiger partial charge in [0, 0.05) is 32.2 Å². The van der Waals surface area contributed by atoms with E-state index in [1.807, 2.05) is 0 Å². The van der Waals surface area contributed by atoms with Crippen LogP contribution >= 0.6 is 0 Å². The van der Waals surface area contributed by atoms with Crippen LogP contribution in [0.3, 0.4) is 0 Å². The van der Waals surface area contributed by atoms with Crippen molar-refractivity contribution >= 4 is 17.7 Å². The number of ether oxygens (including phenoxy) is 2. The highest BCUT2D eigenvalue weighted by Crippen LogP contribution is 2.33. The zero-order valence-electron chi connectivity index (χ0n) is 19.1. The average Bonchev–Trinajstić information content (AvgIpc) is 3.31. The second kappa shape index (κ2) is 12.8. The van der Waals surface area contributed by atoms with Gasteiger partial charge in [-0.25, -0.2) is 8.78 Å². The molecule has 34 heavy (non-hydrogen) atoms. The van der Waals surface area contributed by atoms with Gasteiger partial charge in [0.15, 0.2) is 6.10 Å². The van der Waals surface area contributed by atoms with Gasteiger partial charge in [0.2, 0.25) is 0 Å². The van der Waals surface area contributed by atoms with Crippen LogP contribution in [-0.4, -0.2) is 36.0 Å². The van der Waals surface area contributed by atoms with E-state index in [1.165, 1.54) is 12.1 Å². The number of nitrogens with two attached hydrogens (primary N) is 1. The average molecular weight is 478 g/mol. The lowest BCUT2D eigenvalue weighted by atomic mass is 10.00. The van der Waals surface area contributed by atoms with E-state index < -0.39 is 35.2 Å². The van der Waals surface area contributed by atoms with Crippen molar-refractivity contribution in [3.63, 3.8) is 0 Å². The summed E-state index contributed by atoms with van der Waals surface area (Å²) in [4.78, 5) is 21.7. The number of nitrogen functional groups attached to an aromatic ring is 1. The highest BCUT2D eigenvalue weighted by molar-refractivity contribution is 5.94. The highest BCUT2D eigenvalue weighted by atomic mass is 19.1. The van der Waals surface area contributed by atoms with Crippen LogP contribution in [0.25, 0.3) is 0 Å². The number of hydrogen-bond acceptors (Lipinski definition) is 5. The van der Waals surface area contributed by atoms with Gasteiger partial charge < -0.3 is 25.6 Å². The summed E-state index contributed by atoms with van der Waals surface area (Å²) in [6.45, 7) is 3.54. The molecule has 0 radical (unpaired) electrons. The predicted molar refractivity (Wildman–Crippen MR) is 121 cm³/mol. The highest BCUT2D eigenvalue weighted by Gasteiger charge is 2.30. The van der Waals surface area contributed by atoms with Crippen molar-refractivity contribution in [3.05, 3.63) is 70.3 Å². The Bertz CT molecular complexity index is 981. The van der Waals surface area contributed by atoms with E-state index in [2.05, 4.69) is 5.32 Å². The SMILES string of the molecule is CC(=O)O.CCOC(C(=O)NCc1ccc(C(=N)N)cc1)c1c(F)cc(C2CCCO2)cc1F. The van der Waals surface area contributed by atoms with Crippen LogP contribution in [0.4, 0.5) is 8.78 Å². The monoisotopic (exact) mass is 477 g/mol. The Morgan fingerprint density at radius 3 is 2.32 bits per heavy atom. The topological polar surface area (TPSA) is 135 Å². The summed E-state index contributed by atoms with van der Waals surface area (Å²) >= 11 is 0. The standard InChI is InChI=1S/C22H25F2N3O3.C2H4O2/c1-2-29-20(22(28)27-12-13-5-7-14(8-6-13)21(25)26)19-16(23)10-15(11-17(19)24)18-4-3-9-30-18;1-2(3)4/h5-8,10-11,18,20H,2-4,9,12H2,1H3,(H3,25,26)(H,27,28);1H3,(H,3,4). The number of rotatable bonds is 8. The lowest BCUT2D eigenvalue weighted by molar-refractivity contribution is -0.134. The minimum absolute atomic E-state index is 0.0561. The first-order valence-electron chi connectivity index (χ1n) is 10.8. The largest absolute Gasteiger partial charge is 0.481 e. The third-order valence-electron chi connectivity index (χ3n) is 4.97. The Morgan fingerprint density at radius 2 is 1.85 bits per heavy atom. The van der Waals surface area contributed by atoms with Gasteiger partial charge in [-0.15, -0.1) is 0 Å². The zero-order valence-corrected chi connectivity index (χ0v) is 19.1. The van der Waals surface area contributed by atoms with Crippen LogP contribution in [0.15, 0.2) is 36.4 Å². The van der Waals surface area contributed by atoms with Gasteiger partial charge in [-0.1, -0.05) is 24.3 Å². The van der Waals surface area contributed by atoms with E-state index in [0.29, 0.717) is 24.2 Å². The second-order valence-corrected chi connectivity index (χ2v) is 7.58. The van der Waals surface area contributed by atoms with Crippen LogP contribution in [0.1, 0.15) is 61.2 Å². The van der Waals surface area contributed by atoms with Crippen LogP contribution < -0.4 is 11.1 Å². The number of carboxylic acids is 1. The third kappa shape index (κ3) is 7.60. The van der Waals surface area contributed by atoms with E-state index >= 15 is 0 Å². The number of carbonyl (C=O) groups excluding carboxylic acids is 1. The summed E-state index contributed by atoms with van der Waals surface area (Å²) < 4.78 is 40.5. The normalized spacial score (nSPS) is 15.7. The molecule has 0 saturated carbocycles. The molecule has 3 rings (SSSR count). The molecule has 1 heterocycles. The second-order valence-electron chi connectivity index (χ2n) is 7.58. The molecule has 1 aliphatic rings. The fourth-order valence-electron chi connectivity index (χ4n) is 3.42.